The second kappa shape index (κ2) is 7.14. The molecule has 1 aromatic carbocycles. The molecule has 0 saturated heterocycles. The molecule has 0 spiro atoms. The van der Waals surface area contributed by atoms with Gasteiger partial charge in [-0.2, -0.15) is 0 Å². The van der Waals surface area contributed by atoms with E-state index in [1.165, 1.54) is 7.11 Å². The van der Waals surface area contributed by atoms with Crippen molar-refractivity contribution in [3.05, 3.63) is 23.8 Å². The second-order valence-corrected chi connectivity index (χ2v) is 5.18. The normalized spacial score (nSPS) is 11.1. The van der Waals surface area contributed by atoms with Crippen LogP contribution < -0.4 is 15.2 Å². The Kier molecular flexibility index (Phi) is 5.82. The van der Waals surface area contributed by atoms with Crippen molar-refractivity contribution in [2.24, 2.45) is 11.1 Å². The van der Waals surface area contributed by atoms with Crippen molar-refractivity contribution < 1.29 is 19.0 Å². The van der Waals surface area contributed by atoms with E-state index in [4.69, 9.17) is 19.9 Å². The van der Waals surface area contributed by atoms with Crippen molar-refractivity contribution in [2.75, 3.05) is 27.4 Å². The van der Waals surface area contributed by atoms with Gasteiger partial charge >= 0.3 is 5.97 Å². The predicted molar refractivity (Wildman–Crippen MR) is 77.0 cm³/mol. The molecule has 0 fully saturated rings. The Labute approximate surface area is 120 Å². The molecule has 1 rings (SSSR count). The lowest BCUT2D eigenvalue weighted by Gasteiger charge is -2.22. The van der Waals surface area contributed by atoms with Crippen LogP contribution in [0.3, 0.4) is 0 Å². The maximum atomic E-state index is 11.6. The number of hydrogen-bond donors (Lipinski definition) is 1. The molecule has 0 bridgehead atoms. The van der Waals surface area contributed by atoms with E-state index in [9.17, 15) is 4.79 Å². The first kappa shape index (κ1) is 16.3. The number of benzene rings is 1. The van der Waals surface area contributed by atoms with Gasteiger partial charge in [0.25, 0.3) is 0 Å². The molecule has 0 aliphatic rings. The highest BCUT2D eigenvalue weighted by Crippen LogP contribution is 2.27. The number of methoxy groups -OCH3 is 2. The van der Waals surface area contributed by atoms with Crippen LogP contribution in [0.5, 0.6) is 11.5 Å². The van der Waals surface area contributed by atoms with E-state index >= 15 is 0 Å². The fraction of sp³-hybridized carbons (Fsp3) is 0.533. The average Bonchev–Trinajstić information content (AvgIpc) is 2.45. The molecule has 0 aliphatic carbocycles. The molecule has 5 nitrogen and oxygen atoms in total. The molecule has 112 valence electrons. The zero-order chi connectivity index (χ0) is 15.2. The lowest BCUT2D eigenvalue weighted by Crippen LogP contribution is -2.32. The molecule has 5 heteroatoms. The van der Waals surface area contributed by atoms with E-state index in [1.54, 1.807) is 21.0 Å². The highest BCUT2D eigenvalue weighted by atomic mass is 16.5. The average molecular weight is 281 g/mol. The summed E-state index contributed by atoms with van der Waals surface area (Å²) in [6.07, 6.45) is 0.686. The standard InChI is InChI=1S/C15H23NO4/c1-15(2,14(17)19-4)10-20-13-6-5-12(18-3)9-11(13)7-8-16/h5-6,9H,7-8,10,16H2,1-4H3. The molecule has 1 aromatic rings. The summed E-state index contributed by atoms with van der Waals surface area (Å²) in [4.78, 5) is 11.6. The Morgan fingerprint density at radius 2 is 2.00 bits per heavy atom. The number of esters is 1. The van der Waals surface area contributed by atoms with Gasteiger partial charge in [-0.3, -0.25) is 4.79 Å². The molecule has 0 heterocycles. The fourth-order valence-corrected chi connectivity index (χ4v) is 1.77. The second-order valence-electron chi connectivity index (χ2n) is 5.18. The molecule has 20 heavy (non-hydrogen) atoms. The van der Waals surface area contributed by atoms with Crippen LogP contribution in [-0.2, 0) is 16.0 Å². The van der Waals surface area contributed by atoms with Crippen LogP contribution in [-0.4, -0.2) is 33.3 Å². The first-order chi connectivity index (χ1) is 9.44. The van der Waals surface area contributed by atoms with E-state index in [2.05, 4.69) is 0 Å². The van der Waals surface area contributed by atoms with Crippen molar-refractivity contribution in [3.8, 4) is 11.5 Å². The van der Waals surface area contributed by atoms with Gasteiger partial charge in [-0.15, -0.1) is 0 Å². The molecule has 0 aromatic heterocycles. The number of carbonyl (C=O) groups is 1. The molecule has 0 saturated carbocycles. The van der Waals surface area contributed by atoms with Crippen LogP contribution in [0.4, 0.5) is 0 Å². The van der Waals surface area contributed by atoms with Crippen LogP contribution in [0.15, 0.2) is 18.2 Å². The van der Waals surface area contributed by atoms with Gasteiger partial charge in [0.05, 0.1) is 19.6 Å². The summed E-state index contributed by atoms with van der Waals surface area (Å²) in [6, 6.07) is 5.55. The molecule has 0 radical (unpaired) electrons. The smallest absolute Gasteiger partial charge is 0.314 e. The minimum absolute atomic E-state index is 0.240. The summed E-state index contributed by atoms with van der Waals surface area (Å²) < 4.78 is 15.7. The highest BCUT2D eigenvalue weighted by Gasteiger charge is 2.30. The first-order valence-corrected chi connectivity index (χ1v) is 6.53. The molecule has 0 atom stereocenters. The molecular weight excluding hydrogens is 258 g/mol. The Hall–Kier alpha value is -1.75. The van der Waals surface area contributed by atoms with Crippen molar-refractivity contribution in [2.45, 2.75) is 20.3 Å². The third kappa shape index (κ3) is 4.13. The van der Waals surface area contributed by atoms with Gasteiger partial charge < -0.3 is 19.9 Å². The quantitative estimate of drug-likeness (QED) is 0.771. The summed E-state index contributed by atoms with van der Waals surface area (Å²) in [5, 5.41) is 0. The summed E-state index contributed by atoms with van der Waals surface area (Å²) in [7, 11) is 2.99. The maximum absolute atomic E-state index is 11.6. The third-order valence-corrected chi connectivity index (χ3v) is 3.01. The Morgan fingerprint density at radius 1 is 1.30 bits per heavy atom. The number of carbonyl (C=O) groups excluding carboxylic acids is 1. The predicted octanol–water partition coefficient (Wildman–Crippen LogP) is 1.77. The number of ether oxygens (including phenoxy) is 3. The first-order valence-electron chi connectivity index (χ1n) is 6.53. The van der Waals surface area contributed by atoms with E-state index < -0.39 is 5.41 Å². The fourth-order valence-electron chi connectivity index (χ4n) is 1.77. The summed E-state index contributed by atoms with van der Waals surface area (Å²) in [5.74, 6) is 1.17. The third-order valence-electron chi connectivity index (χ3n) is 3.01. The lowest BCUT2D eigenvalue weighted by atomic mass is 9.95. The largest absolute Gasteiger partial charge is 0.497 e. The van der Waals surface area contributed by atoms with Crippen LogP contribution in [0, 0.1) is 5.41 Å². The van der Waals surface area contributed by atoms with Crippen LogP contribution in [0.1, 0.15) is 19.4 Å². The van der Waals surface area contributed by atoms with Gasteiger partial charge in [0, 0.05) is 0 Å². The lowest BCUT2D eigenvalue weighted by molar-refractivity contribution is -0.152. The van der Waals surface area contributed by atoms with Crippen LogP contribution >= 0.6 is 0 Å². The van der Waals surface area contributed by atoms with Gasteiger partial charge in [-0.05, 0) is 50.6 Å². The molecule has 2 N–H and O–H groups in total. The number of rotatable bonds is 7. The monoisotopic (exact) mass is 281 g/mol. The highest BCUT2D eigenvalue weighted by molar-refractivity contribution is 5.75. The number of hydrogen-bond acceptors (Lipinski definition) is 5. The minimum atomic E-state index is -0.700. The topological polar surface area (TPSA) is 70.8 Å². The molecule has 0 amide bonds. The summed E-state index contributed by atoms with van der Waals surface area (Å²) in [5.41, 5.74) is 5.87. The molecule has 0 unspecified atom stereocenters. The van der Waals surface area contributed by atoms with E-state index in [0.29, 0.717) is 18.7 Å². The summed E-state index contributed by atoms with van der Waals surface area (Å²) in [6.45, 7) is 4.32. The Bertz CT molecular complexity index is 457. The Morgan fingerprint density at radius 3 is 2.55 bits per heavy atom. The van der Waals surface area contributed by atoms with Gasteiger partial charge in [0.2, 0.25) is 0 Å². The van der Waals surface area contributed by atoms with Crippen molar-refractivity contribution >= 4 is 5.97 Å². The van der Waals surface area contributed by atoms with Gasteiger partial charge in [-0.1, -0.05) is 0 Å². The van der Waals surface area contributed by atoms with E-state index in [0.717, 1.165) is 11.3 Å². The van der Waals surface area contributed by atoms with E-state index in [1.807, 2.05) is 18.2 Å². The van der Waals surface area contributed by atoms with E-state index in [-0.39, 0.29) is 12.6 Å². The van der Waals surface area contributed by atoms with Crippen LogP contribution in [0.2, 0.25) is 0 Å². The maximum Gasteiger partial charge on any atom is 0.314 e. The zero-order valence-electron chi connectivity index (χ0n) is 12.6. The Balaban J connectivity index is 2.84. The van der Waals surface area contributed by atoms with Crippen LogP contribution in [0.25, 0.3) is 0 Å². The molecular formula is C15H23NO4. The zero-order valence-corrected chi connectivity index (χ0v) is 12.6. The van der Waals surface area contributed by atoms with Gasteiger partial charge in [-0.25, -0.2) is 0 Å². The SMILES string of the molecule is COC(=O)C(C)(C)COc1ccc(OC)cc1CCN. The number of nitrogens with two attached hydrogens (primary N) is 1. The van der Waals surface area contributed by atoms with Crippen molar-refractivity contribution in [3.63, 3.8) is 0 Å². The minimum Gasteiger partial charge on any atom is -0.497 e. The van der Waals surface area contributed by atoms with Gasteiger partial charge in [0.1, 0.15) is 18.1 Å². The molecule has 0 aliphatic heterocycles. The van der Waals surface area contributed by atoms with Crippen molar-refractivity contribution in [1.29, 1.82) is 0 Å². The van der Waals surface area contributed by atoms with Crippen molar-refractivity contribution in [1.82, 2.24) is 0 Å². The van der Waals surface area contributed by atoms with Gasteiger partial charge in [0.15, 0.2) is 0 Å². The summed E-state index contributed by atoms with van der Waals surface area (Å²) >= 11 is 0.